The Bertz CT molecular complexity index is 1610. The number of rotatable bonds is 9. The third-order valence-corrected chi connectivity index (χ3v) is 6.20. The maximum atomic E-state index is 14.1. The van der Waals surface area contributed by atoms with Crippen molar-refractivity contribution in [1.82, 2.24) is 10.6 Å². The molecule has 0 aliphatic rings. The zero-order chi connectivity index (χ0) is 29.0. The highest BCUT2D eigenvalue weighted by molar-refractivity contribution is 5.85. The molecular formula is C29H24F4N2O5. The number of halogens is 4. The monoisotopic (exact) mass is 556 g/mol. The van der Waals surface area contributed by atoms with Gasteiger partial charge in [-0.25, -0.2) is 22.4 Å². The number of amides is 2. The van der Waals surface area contributed by atoms with Gasteiger partial charge in [0.15, 0.2) is 17.5 Å². The Morgan fingerprint density at radius 1 is 0.925 bits per heavy atom. The molecule has 7 nitrogen and oxygen atoms in total. The van der Waals surface area contributed by atoms with Gasteiger partial charge < -0.3 is 20.2 Å². The predicted octanol–water partition coefficient (Wildman–Crippen LogP) is 4.36. The summed E-state index contributed by atoms with van der Waals surface area (Å²) in [6.45, 7) is 1.65. The molecule has 0 spiro atoms. The Kier molecular flexibility index (Phi) is 8.52. The van der Waals surface area contributed by atoms with E-state index in [1.165, 1.54) is 24.3 Å². The molecule has 4 rings (SSSR count). The molecule has 0 fully saturated rings. The molecule has 3 aromatic carbocycles. The SMILES string of the molecule is Cc1cc(F)cc(CC(=O)NCCNC(=O)CC(c2cc(F)c(F)c(F)c2)c2c(O)c3ccccc3oc2=O)c1. The van der Waals surface area contributed by atoms with Gasteiger partial charge in [0, 0.05) is 25.4 Å². The van der Waals surface area contributed by atoms with Crippen molar-refractivity contribution in [3.05, 3.63) is 111 Å². The molecule has 0 bridgehead atoms. The lowest BCUT2D eigenvalue weighted by Crippen LogP contribution is -2.36. The summed E-state index contributed by atoms with van der Waals surface area (Å²) in [6.07, 6.45) is -0.648. The zero-order valence-corrected chi connectivity index (χ0v) is 21.2. The van der Waals surface area contributed by atoms with Crippen LogP contribution in [0.1, 0.15) is 34.6 Å². The molecule has 0 aliphatic heterocycles. The predicted molar refractivity (Wildman–Crippen MR) is 138 cm³/mol. The molecule has 0 aliphatic carbocycles. The second-order valence-electron chi connectivity index (χ2n) is 9.22. The normalized spacial score (nSPS) is 11.8. The van der Waals surface area contributed by atoms with Gasteiger partial charge in [0.25, 0.3) is 0 Å². The van der Waals surface area contributed by atoms with Gasteiger partial charge in [-0.15, -0.1) is 0 Å². The van der Waals surface area contributed by atoms with Crippen LogP contribution >= 0.6 is 0 Å². The second kappa shape index (κ2) is 12.0. The Morgan fingerprint density at radius 2 is 1.57 bits per heavy atom. The van der Waals surface area contributed by atoms with Crippen LogP contribution in [-0.2, 0) is 16.0 Å². The maximum Gasteiger partial charge on any atom is 0.343 e. The van der Waals surface area contributed by atoms with Crippen molar-refractivity contribution >= 4 is 22.8 Å². The summed E-state index contributed by atoms with van der Waals surface area (Å²) in [4.78, 5) is 37.8. The third-order valence-electron chi connectivity index (χ3n) is 6.20. The fourth-order valence-corrected chi connectivity index (χ4v) is 4.44. The van der Waals surface area contributed by atoms with E-state index in [0.29, 0.717) is 23.3 Å². The van der Waals surface area contributed by atoms with Gasteiger partial charge in [0.2, 0.25) is 11.8 Å². The fraction of sp³-hybridized carbons (Fsp3) is 0.207. The molecule has 0 radical (unpaired) electrons. The molecule has 11 heteroatoms. The number of nitrogens with one attached hydrogen (secondary N) is 2. The van der Waals surface area contributed by atoms with Crippen LogP contribution in [0.5, 0.6) is 5.75 Å². The summed E-state index contributed by atoms with van der Waals surface area (Å²) in [6, 6.07) is 11.5. The summed E-state index contributed by atoms with van der Waals surface area (Å²) < 4.78 is 60.6. The minimum absolute atomic E-state index is 0.00665. The van der Waals surface area contributed by atoms with Gasteiger partial charge in [0.05, 0.1) is 17.4 Å². The number of carbonyl (C=O) groups is 2. The van der Waals surface area contributed by atoms with Crippen LogP contribution < -0.4 is 16.3 Å². The lowest BCUT2D eigenvalue weighted by Gasteiger charge is -2.19. The van der Waals surface area contributed by atoms with Crippen molar-refractivity contribution in [2.45, 2.75) is 25.7 Å². The van der Waals surface area contributed by atoms with Gasteiger partial charge in [0.1, 0.15) is 17.1 Å². The van der Waals surface area contributed by atoms with E-state index < -0.39 is 64.4 Å². The van der Waals surface area contributed by atoms with Crippen molar-refractivity contribution in [3.63, 3.8) is 0 Å². The number of fused-ring (bicyclic) bond motifs is 1. The molecule has 4 aromatic rings. The van der Waals surface area contributed by atoms with E-state index in [9.17, 15) is 37.1 Å². The minimum Gasteiger partial charge on any atom is -0.507 e. The summed E-state index contributed by atoms with van der Waals surface area (Å²) in [5, 5.41) is 16.1. The molecule has 3 N–H and O–H groups in total. The van der Waals surface area contributed by atoms with Crippen molar-refractivity contribution in [1.29, 1.82) is 0 Å². The van der Waals surface area contributed by atoms with Gasteiger partial charge >= 0.3 is 5.63 Å². The van der Waals surface area contributed by atoms with Crippen molar-refractivity contribution in [2.24, 2.45) is 0 Å². The van der Waals surface area contributed by atoms with Crippen molar-refractivity contribution < 1.29 is 36.7 Å². The van der Waals surface area contributed by atoms with Crippen LogP contribution in [0.4, 0.5) is 17.6 Å². The first kappa shape index (κ1) is 28.3. The minimum atomic E-state index is -1.73. The van der Waals surface area contributed by atoms with Gasteiger partial charge in [-0.05, 0) is 60.0 Å². The van der Waals surface area contributed by atoms with Crippen LogP contribution in [0, 0.1) is 30.2 Å². The standard InChI is InChI=1S/C29H24F4N2O5/c1-15-8-16(10-18(30)9-15)11-24(36)34-6-7-35-25(37)14-20(17-12-21(31)27(33)22(32)13-17)26-28(38)19-4-2-3-5-23(19)40-29(26)39/h2-5,8-10,12-13,20,38H,6-7,11,14H2,1H3,(H,34,36)(H,35,37). The number of carbonyl (C=O) groups excluding carboxylic acids is 2. The van der Waals surface area contributed by atoms with E-state index in [1.54, 1.807) is 25.1 Å². The lowest BCUT2D eigenvalue weighted by atomic mass is 9.87. The topological polar surface area (TPSA) is 109 Å². The Morgan fingerprint density at radius 3 is 2.25 bits per heavy atom. The molecular weight excluding hydrogens is 532 g/mol. The maximum absolute atomic E-state index is 14.1. The number of hydrogen-bond acceptors (Lipinski definition) is 5. The number of aromatic hydroxyl groups is 1. The fourth-order valence-electron chi connectivity index (χ4n) is 4.44. The van der Waals surface area contributed by atoms with E-state index >= 15 is 0 Å². The van der Waals surface area contributed by atoms with Crippen LogP contribution in [0.2, 0.25) is 0 Å². The highest BCUT2D eigenvalue weighted by Gasteiger charge is 2.29. The van der Waals surface area contributed by atoms with Crippen molar-refractivity contribution in [2.75, 3.05) is 13.1 Å². The highest BCUT2D eigenvalue weighted by atomic mass is 19.2. The molecule has 1 unspecified atom stereocenters. The molecule has 1 heterocycles. The van der Waals surface area contributed by atoms with E-state index in [0.717, 1.165) is 0 Å². The summed E-state index contributed by atoms with van der Waals surface area (Å²) in [7, 11) is 0. The van der Waals surface area contributed by atoms with E-state index in [1.807, 2.05) is 0 Å². The second-order valence-corrected chi connectivity index (χ2v) is 9.22. The first-order valence-electron chi connectivity index (χ1n) is 12.2. The molecule has 2 amide bonds. The average molecular weight is 557 g/mol. The molecule has 40 heavy (non-hydrogen) atoms. The van der Waals surface area contributed by atoms with Gasteiger partial charge in [-0.1, -0.05) is 18.2 Å². The molecule has 1 atom stereocenters. The van der Waals surface area contributed by atoms with Gasteiger partial charge in [-0.2, -0.15) is 0 Å². The first-order valence-corrected chi connectivity index (χ1v) is 12.2. The average Bonchev–Trinajstić information content (AvgIpc) is 2.88. The van der Waals surface area contributed by atoms with Crippen LogP contribution in [0.15, 0.2) is 63.8 Å². The summed E-state index contributed by atoms with van der Waals surface area (Å²) >= 11 is 0. The number of aryl methyl sites for hydroxylation is 1. The number of benzene rings is 3. The first-order chi connectivity index (χ1) is 19.0. The summed E-state index contributed by atoms with van der Waals surface area (Å²) in [5.41, 5.74) is -0.552. The number of hydrogen-bond donors (Lipinski definition) is 3. The van der Waals surface area contributed by atoms with E-state index in [-0.39, 0.29) is 36.0 Å². The highest BCUT2D eigenvalue weighted by Crippen LogP contribution is 2.36. The Labute approximate surface area is 225 Å². The van der Waals surface area contributed by atoms with E-state index in [4.69, 9.17) is 4.42 Å². The van der Waals surface area contributed by atoms with E-state index in [2.05, 4.69) is 10.6 Å². The zero-order valence-electron chi connectivity index (χ0n) is 21.2. The molecule has 0 saturated heterocycles. The van der Waals surface area contributed by atoms with Crippen LogP contribution in [-0.4, -0.2) is 30.0 Å². The quantitative estimate of drug-likeness (QED) is 0.123. The molecule has 1 aromatic heterocycles. The van der Waals surface area contributed by atoms with Gasteiger partial charge in [-0.3, -0.25) is 9.59 Å². The third kappa shape index (κ3) is 6.48. The molecule has 0 saturated carbocycles. The number of para-hydroxylation sites is 1. The lowest BCUT2D eigenvalue weighted by molar-refractivity contribution is -0.122. The van der Waals surface area contributed by atoms with Crippen LogP contribution in [0.25, 0.3) is 11.0 Å². The smallest absolute Gasteiger partial charge is 0.343 e. The van der Waals surface area contributed by atoms with Crippen molar-refractivity contribution in [3.8, 4) is 5.75 Å². The Balaban J connectivity index is 1.49. The Hall–Kier alpha value is -4.67. The van der Waals surface area contributed by atoms with Crippen LogP contribution in [0.3, 0.4) is 0 Å². The summed E-state index contributed by atoms with van der Waals surface area (Å²) in [5.74, 6) is -8.33. The largest absolute Gasteiger partial charge is 0.507 e. The molecule has 208 valence electrons.